The Morgan fingerprint density at radius 1 is 1.54 bits per heavy atom. The van der Waals surface area contributed by atoms with E-state index in [2.05, 4.69) is 4.74 Å². The minimum absolute atomic E-state index is 0. The van der Waals surface area contributed by atoms with Crippen LogP contribution in [0, 0.1) is 10.1 Å². The van der Waals surface area contributed by atoms with E-state index in [-0.39, 0.29) is 23.3 Å². The average Bonchev–Trinajstić information content (AvgIpc) is 2.05. The van der Waals surface area contributed by atoms with Crippen molar-refractivity contribution in [1.82, 2.24) is 6.15 Å². The van der Waals surface area contributed by atoms with Gasteiger partial charge in [-0.1, -0.05) is 0 Å². The molecule has 1 rings (SSSR count). The van der Waals surface area contributed by atoms with E-state index >= 15 is 0 Å². The zero-order chi connectivity index (χ0) is 9.14. The summed E-state index contributed by atoms with van der Waals surface area (Å²) in [5.41, 5.74) is -0.107. The molecule has 1 aromatic rings. The van der Waals surface area contributed by atoms with Gasteiger partial charge < -0.3 is 16.0 Å². The molecule has 0 atom stereocenters. The fourth-order valence-corrected chi connectivity index (χ4v) is 0.780. The van der Waals surface area contributed by atoms with Crippen LogP contribution in [0.4, 0.5) is 5.69 Å². The number of hydrogen-bond donors (Lipinski definition) is 2. The molecule has 1 aromatic carbocycles. The molecular formula is C7H10N2O4. The molecule has 0 aliphatic heterocycles. The molecule has 0 saturated carbocycles. The van der Waals surface area contributed by atoms with Crippen LogP contribution in [0.1, 0.15) is 0 Å². The molecular weight excluding hydrogens is 176 g/mol. The number of ether oxygens (including phenoxy) is 1. The fraction of sp³-hybridized carbons (Fsp3) is 0.143. The molecule has 0 radical (unpaired) electrons. The Morgan fingerprint density at radius 2 is 2.15 bits per heavy atom. The van der Waals surface area contributed by atoms with Gasteiger partial charge in [0.2, 0.25) is 0 Å². The van der Waals surface area contributed by atoms with Crippen molar-refractivity contribution in [3.8, 4) is 11.5 Å². The Hall–Kier alpha value is -1.82. The second-order valence-electron chi connectivity index (χ2n) is 2.11. The Morgan fingerprint density at radius 3 is 2.62 bits per heavy atom. The minimum Gasteiger partial charge on any atom is -0.504 e. The third-order valence-corrected chi connectivity index (χ3v) is 1.37. The van der Waals surface area contributed by atoms with Gasteiger partial charge in [0.15, 0.2) is 11.5 Å². The summed E-state index contributed by atoms with van der Waals surface area (Å²) in [6, 6.07) is 3.59. The summed E-state index contributed by atoms with van der Waals surface area (Å²) in [6.07, 6.45) is 0. The van der Waals surface area contributed by atoms with Gasteiger partial charge in [-0.15, -0.1) is 0 Å². The molecule has 72 valence electrons. The zero-order valence-corrected chi connectivity index (χ0v) is 7.06. The summed E-state index contributed by atoms with van der Waals surface area (Å²) in [6.45, 7) is 0. The monoisotopic (exact) mass is 186 g/mol. The predicted octanol–water partition coefficient (Wildman–Crippen LogP) is 1.47. The van der Waals surface area contributed by atoms with E-state index in [1.54, 1.807) is 0 Å². The molecule has 0 saturated heterocycles. The highest BCUT2D eigenvalue weighted by Crippen LogP contribution is 2.29. The largest absolute Gasteiger partial charge is 0.504 e. The van der Waals surface area contributed by atoms with Crippen molar-refractivity contribution in [1.29, 1.82) is 0 Å². The Balaban J connectivity index is 0.00000144. The third-order valence-electron chi connectivity index (χ3n) is 1.37. The normalized spacial score (nSPS) is 8.69. The van der Waals surface area contributed by atoms with Gasteiger partial charge in [0.25, 0.3) is 5.69 Å². The van der Waals surface area contributed by atoms with E-state index in [9.17, 15) is 10.1 Å². The number of nitro groups is 1. The number of rotatable bonds is 2. The van der Waals surface area contributed by atoms with Crippen LogP contribution in [-0.2, 0) is 0 Å². The lowest BCUT2D eigenvalue weighted by atomic mass is 10.3. The molecule has 0 bridgehead atoms. The van der Waals surface area contributed by atoms with Gasteiger partial charge in [-0.2, -0.15) is 0 Å². The topological polar surface area (TPSA) is 108 Å². The lowest BCUT2D eigenvalue weighted by Gasteiger charge is -2.00. The van der Waals surface area contributed by atoms with Crippen LogP contribution in [0.3, 0.4) is 0 Å². The fourth-order valence-electron chi connectivity index (χ4n) is 0.780. The maximum Gasteiger partial charge on any atom is 0.273 e. The predicted molar refractivity (Wildman–Crippen MR) is 46.3 cm³/mol. The smallest absolute Gasteiger partial charge is 0.273 e. The Kier molecular flexibility index (Phi) is 3.67. The van der Waals surface area contributed by atoms with Gasteiger partial charge in [0, 0.05) is 6.07 Å². The van der Waals surface area contributed by atoms with E-state index in [0.717, 1.165) is 6.07 Å². The first-order valence-electron chi connectivity index (χ1n) is 3.16. The van der Waals surface area contributed by atoms with Crippen LogP contribution < -0.4 is 10.9 Å². The number of phenolic OH excluding ortho intramolecular Hbond substituents is 1. The lowest BCUT2D eigenvalue weighted by Crippen LogP contribution is -1.89. The molecule has 0 aliphatic rings. The molecule has 6 heteroatoms. The Bertz CT molecular complexity index is 313. The van der Waals surface area contributed by atoms with E-state index in [4.69, 9.17) is 5.11 Å². The average molecular weight is 186 g/mol. The van der Waals surface area contributed by atoms with Gasteiger partial charge in [-0.3, -0.25) is 10.1 Å². The molecule has 0 spiro atoms. The van der Waals surface area contributed by atoms with Gasteiger partial charge in [-0.05, 0) is 6.07 Å². The molecule has 0 aromatic heterocycles. The molecule has 6 nitrogen and oxygen atoms in total. The summed E-state index contributed by atoms with van der Waals surface area (Å²) in [7, 11) is 1.33. The number of nitro benzene ring substituents is 1. The second kappa shape index (κ2) is 4.27. The molecule has 0 fully saturated rings. The standard InChI is InChI=1S/C7H7NO4.H3N/c1-12-7-4-5(8(10)11)2-3-6(7)9;/h2-4,9H,1H3;1H3. The third kappa shape index (κ3) is 2.31. The summed E-state index contributed by atoms with van der Waals surface area (Å²) in [5.74, 6) is -0.00713. The molecule has 13 heavy (non-hydrogen) atoms. The highest BCUT2D eigenvalue weighted by Gasteiger charge is 2.09. The molecule has 0 unspecified atom stereocenters. The second-order valence-corrected chi connectivity index (χ2v) is 2.11. The summed E-state index contributed by atoms with van der Waals surface area (Å²) in [4.78, 5) is 9.70. The minimum atomic E-state index is -0.554. The van der Waals surface area contributed by atoms with Gasteiger partial charge in [0.1, 0.15) is 0 Å². The van der Waals surface area contributed by atoms with Crippen molar-refractivity contribution in [2.24, 2.45) is 0 Å². The summed E-state index contributed by atoms with van der Waals surface area (Å²) >= 11 is 0. The van der Waals surface area contributed by atoms with E-state index < -0.39 is 4.92 Å². The quantitative estimate of drug-likeness (QED) is 0.537. The lowest BCUT2D eigenvalue weighted by molar-refractivity contribution is -0.385. The summed E-state index contributed by atoms with van der Waals surface area (Å²) < 4.78 is 4.68. The van der Waals surface area contributed by atoms with Gasteiger partial charge in [0.05, 0.1) is 18.1 Å². The van der Waals surface area contributed by atoms with Crippen molar-refractivity contribution < 1.29 is 14.8 Å². The maximum atomic E-state index is 10.2. The molecule has 0 amide bonds. The first kappa shape index (κ1) is 11.2. The number of non-ortho nitro benzene ring substituents is 1. The number of benzene rings is 1. The highest BCUT2D eigenvalue weighted by molar-refractivity contribution is 5.47. The van der Waals surface area contributed by atoms with Crippen LogP contribution in [0.2, 0.25) is 0 Å². The van der Waals surface area contributed by atoms with E-state index in [0.29, 0.717) is 0 Å². The molecule has 4 N–H and O–H groups in total. The number of nitrogens with zero attached hydrogens (tertiary/aromatic N) is 1. The van der Waals surface area contributed by atoms with Crippen LogP contribution in [0.15, 0.2) is 18.2 Å². The van der Waals surface area contributed by atoms with Gasteiger partial charge in [-0.25, -0.2) is 0 Å². The number of aromatic hydroxyl groups is 1. The SMILES string of the molecule is COc1cc([N+](=O)[O-])ccc1O.N. The zero-order valence-electron chi connectivity index (χ0n) is 7.06. The first-order chi connectivity index (χ1) is 5.65. The number of methoxy groups -OCH3 is 1. The van der Waals surface area contributed by atoms with Gasteiger partial charge >= 0.3 is 0 Å². The molecule has 0 aliphatic carbocycles. The van der Waals surface area contributed by atoms with Crippen molar-refractivity contribution >= 4 is 5.69 Å². The van der Waals surface area contributed by atoms with Crippen molar-refractivity contribution in [2.75, 3.05) is 7.11 Å². The van der Waals surface area contributed by atoms with E-state index in [1.807, 2.05) is 0 Å². The maximum absolute atomic E-state index is 10.2. The van der Waals surface area contributed by atoms with Crippen molar-refractivity contribution in [2.45, 2.75) is 0 Å². The number of phenols is 1. The van der Waals surface area contributed by atoms with Crippen LogP contribution in [-0.4, -0.2) is 17.1 Å². The van der Waals surface area contributed by atoms with Crippen molar-refractivity contribution in [3.05, 3.63) is 28.3 Å². The Labute approximate surface area is 74.5 Å². The number of hydrogen-bond acceptors (Lipinski definition) is 5. The van der Waals surface area contributed by atoms with Crippen molar-refractivity contribution in [3.63, 3.8) is 0 Å². The van der Waals surface area contributed by atoms with Crippen LogP contribution in [0.5, 0.6) is 11.5 Å². The highest BCUT2D eigenvalue weighted by atomic mass is 16.6. The summed E-state index contributed by atoms with van der Waals surface area (Å²) in [5, 5.41) is 19.3. The molecule has 0 heterocycles. The first-order valence-corrected chi connectivity index (χ1v) is 3.16. The van der Waals surface area contributed by atoms with Crippen LogP contribution in [0.25, 0.3) is 0 Å². The van der Waals surface area contributed by atoms with E-state index in [1.165, 1.54) is 19.2 Å². The van der Waals surface area contributed by atoms with Crippen LogP contribution >= 0.6 is 0 Å².